The number of ether oxygens (including phenoxy) is 1. The van der Waals surface area contributed by atoms with Crippen molar-refractivity contribution in [2.24, 2.45) is 24.6 Å². The molecule has 0 spiro atoms. The second kappa shape index (κ2) is 6.55. The van der Waals surface area contributed by atoms with Crippen LogP contribution in [0.15, 0.2) is 6.20 Å². The fourth-order valence-corrected chi connectivity index (χ4v) is 2.82. The van der Waals surface area contributed by atoms with Crippen LogP contribution >= 0.6 is 11.6 Å². The van der Waals surface area contributed by atoms with E-state index in [0.717, 1.165) is 19.0 Å². The van der Waals surface area contributed by atoms with E-state index < -0.39 is 0 Å². The standard InChI is InChI=1S/C13H22ClN3O/c1-17-12(14)7-16-13(17)9-18-8-11-5-3-2-4-10(11)6-15/h7,10-11H,2-6,8-9,15H2,1H3. The highest BCUT2D eigenvalue weighted by atomic mass is 35.5. The van der Waals surface area contributed by atoms with Gasteiger partial charge in [-0.2, -0.15) is 0 Å². The molecule has 18 heavy (non-hydrogen) atoms. The van der Waals surface area contributed by atoms with Crippen LogP contribution in [0, 0.1) is 11.8 Å². The number of nitrogens with zero attached hydrogens (tertiary/aromatic N) is 2. The lowest BCUT2D eigenvalue weighted by molar-refractivity contribution is 0.0471. The van der Waals surface area contributed by atoms with Crippen LogP contribution in [0.25, 0.3) is 0 Å². The van der Waals surface area contributed by atoms with E-state index in [4.69, 9.17) is 22.1 Å². The number of hydrogen-bond donors (Lipinski definition) is 1. The molecule has 2 rings (SSSR count). The summed E-state index contributed by atoms with van der Waals surface area (Å²) in [6, 6.07) is 0. The highest BCUT2D eigenvalue weighted by Gasteiger charge is 2.24. The van der Waals surface area contributed by atoms with Gasteiger partial charge in [-0.15, -0.1) is 0 Å². The van der Waals surface area contributed by atoms with Crippen molar-refractivity contribution in [3.05, 3.63) is 17.2 Å². The van der Waals surface area contributed by atoms with E-state index in [-0.39, 0.29) is 0 Å². The molecule has 1 aliphatic rings. The van der Waals surface area contributed by atoms with Gasteiger partial charge in [0.25, 0.3) is 0 Å². The topological polar surface area (TPSA) is 53.1 Å². The highest BCUT2D eigenvalue weighted by Crippen LogP contribution is 2.29. The first-order chi connectivity index (χ1) is 8.72. The zero-order chi connectivity index (χ0) is 13.0. The molecule has 1 fully saturated rings. The Labute approximate surface area is 113 Å². The van der Waals surface area contributed by atoms with Gasteiger partial charge in [0.2, 0.25) is 0 Å². The fourth-order valence-electron chi connectivity index (χ4n) is 2.67. The van der Waals surface area contributed by atoms with Crippen molar-refractivity contribution < 1.29 is 4.74 Å². The Kier molecular flexibility index (Phi) is 5.03. The molecular weight excluding hydrogens is 250 g/mol. The molecule has 1 saturated carbocycles. The molecule has 1 aromatic rings. The molecule has 0 saturated heterocycles. The summed E-state index contributed by atoms with van der Waals surface area (Å²) < 4.78 is 7.64. The molecule has 5 heteroatoms. The molecule has 1 aromatic heterocycles. The molecule has 1 aliphatic carbocycles. The van der Waals surface area contributed by atoms with Crippen LogP contribution in [0.1, 0.15) is 31.5 Å². The van der Waals surface area contributed by atoms with Crippen LogP contribution in [-0.4, -0.2) is 22.7 Å². The van der Waals surface area contributed by atoms with Gasteiger partial charge in [0.05, 0.1) is 12.8 Å². The summed E-state index contributed by atoms with van der Waals surface area (Å²) in [5.41, 5.74) is 5.81. The van der Waals surface area contributed by atoms with E-state index in [0.29, 0.717) is 23.6 Å². The van der Waals surface area contributed by atoms with Crippen molar-refractivity contribution in [3.8, 4) is 0 Å². The summed E-state index contributed by atoms with van der Waals surface area (Å²) in [6.45, 7) is 2.09. The van der Waals surface area contributed by atoms with Crippen molar-refractivity contribution >= 4 is 11.6 Å². The van der Waals surface area contributed by atoms with Crippen LogP contribution in [0.5, 0.6) is 0 Å². The van der Waals surface area contributed by atoms with Gasteiger partial charge < -0.3 is 15.0 Å². The molecule has 0 aliphatic heterocycles. The van der Waals surface area contributed by atoms with Crippen LogP contribution in [-0.2, 0) is 18.4 Å². The van der Waals surface area contributed by atoms with Gasteiger partial charge in [-0.3, -0.25) is 0 Å². The third kappa shape index (κ3) is 3.25. The Balaban J connectivity index is 1.79. The zero-order valence-corrected chi connectivity index (χ0v) is 11.7. The molecule has 1 heterocycles. The molecule has 2 N–H and O–H groups in total. The molecule has 0 amide bonds. The molecule has 2 unspecified atom stereocenters. The SMILES string of the molecule is Cn1c(Cl)cnc1COCC1CCCCC1CN. The fraction of sp³-hybridized carbons (Fsp3) is 0.769. The first kappa shape index (κ1) is 13.8. The lowest BCUT2D eigenvalue weighted by Crippen LogP contribution is -2.29. The second-order valence-corrected chi connectivity index (χ2v) is 5.50. The summed E-state index contributed by atoms with van der Waals surface area (Å²) in [5.74, 6) is 2.11. The minimum atomic E-state index is 0.525. The van der Waals surface area contributed by atoms with Gasteiger partial charge in [-0.1, -0.05) is 24.4 Å². The van der Waals surface area contributed by atoms with E-state index in [1.165, 1.54) is 25.7 Å². The normalized spacial score (nSPS) is 24.4. The largest absolute Gasteiger partial charge is 0.373 e. The van der Waals surface area contributed by atoms with E-state index in [2.05, 4.69) is 4.98 Å². The Hall–Kier alpha value is -0.580. The van der Waals surface area contributed by atoms with Gasteiger partial charge in [0.1, 0.15) is 17.6 Å². The smallest absolute Gasteiger partial charge is 0.135 e. The zero-order valence-electron chi connectivity index (χ0n) is 10.9. The summed E-state index contributed by atoms with van der Waals surface area (Å²) in [7, 11) is 1.90. The molecule has 4 nitrogen and oxygen atoms in total. The molecule has 102 valence electrons. The number of nitrogens with two attached hydrogens (primary N) is 1. The van der Waals surface area contributed by atoms with Crippen molar-refractivity contribution in [1.29, 1.82) is 0 Å². The number of rotatable bonds is 5. The van der Waals surface area contributed by atoms with Gasteiger partial charge >= 0.3 is 0 Å². The summed E-state index contributed by atoms with van der Waals surface area (Å²) >= 11 is 5.93. The van der Waals surface area contributed by atoms with E-state index in [9.17, 15) is 0 Å². The average Bonchev–Trinajstić information content (AvgIpc) is 2.71. The predicted molar refractivity (Wildman–Crippen MR) is 72.4 cm³/mol. The molecule has 2 atom stereocenters. The lowest BCUT2D eigenvalue weighted by atomic mass is 9.80. The third-order valence-electron chi connectivity index (χ3n) is 3.96. The molecule has 0 bridgehead atoms. The summed E-state index contributed by atoms with van der Waals surface area (Å²) in [6.07, 6.45) is 6.76. The molecule has 0 radical (unpaired) electrons. The van der Waals surface area contributed by atoms with Gasteiger partial charge in [0, 0.05) is 7.05 Å². The third-order valence-corrected chi connectivity index (χ3v) is 4.31. The lowest BCUT2D eigenvalue weighted by Gasteiger charge is -2.30. The van der Waals surface area contributed by atoms with E-state index >= 15 is 0 Å². The number of halogens is 1. The van der Waals surface area contributed by atoms with Crippen LogP contribution in [0.4, 0.5) is 0 Å². The maximum absolute atomic E-state index is 5.93. The maximum atomic E-state index is 5.93. The monoisotopic (exact) mass is 271 g/mol. The summed E-state index contributed by atoms with van der Waals surface area (Å²) in [4.78, 5) is 4.22. The van der Waals surface area contributed by atoms with E-state index in [1.54, 1.807) is 6.20 Å². The summed E-state index contributed by atoms with van der Waals surface area (Å²) in [5, 5.41) is 0.645. The van der Waals surface area contributed by atoms with Crippen molar-refractivity contribution in [3.63, 3.8) is 0 Å². The van der Waals surface area contributed by atoms with Crippen LogP contribution < -0.4 is 5.73 Å². The first-order valence-corrected chi connectivity index (χ1v) is 7.04. The van der Waals surface area contributed by atoms with Gasteiger partial charge in [-0.25, -0.2) is 4.98 Å². The molecule has 0 aromatic carbocycles. The minimum Gasteiger partial charge on any atom is -0.373 e. The van der Waals surface area contributed by atoms with Crippen LogP contribution in [0.2, 0.25) is 5.15 Å². The Bertz CT molecular complexity index is 380. The second-order valence-electron chi connectivity index (χ2n) is 5.11. The quantitative estimate of drug-likeness (QED) is 0.894. The highest BCUT2D eigenvalue weighted by molar-refractivity contribution is 6.29. The Morgan fingerprint density at radius 1 is 1.44 bits per heavy atom. The van der Waals surface area contributed by atoms with Crippen molar-refractivity contribution in [2.45, 2.75) is 32.3 Å². The minimum absolute atomic E-state index is 0.525. The van der Waals surface area contributed by atoms with Crippen LogP contribution in [0.3, 0.4) is 0 Å². The number of hydrogen-bond acceptors (Lipinski definition) is 3. The number of imidazole rings is 1. The number of aromatic nitrogens is 2. The first-order valence-electron chi connectivity index (χ1n) is 6.66. The Morgan fingerprint density at radius 3 is 2.78 bits per heavy atom. The van der Waals surface area contributed by atoms with Gasteiger partial charge in [0.15, 0.2) is 0 Å². The predicted octanol–water partition coefficient (Wildman–Crippen LogP) is 2.36. The Morgan fingerprint density at radius 2 is 2.17 bits per heavy atom. The van der Waals surface area contributed by atoms with E-state index in [1.807, 2.05) is 11.6 Å². The average molecular weight is 272 g/mol. The van der Waals surface area contributed by atoms with Crippen molar-refractivity contribution in [2.75, 3.05) is 13.2 Å². The van der Waals surface area contributed by atoms with Gasteiger partial charge in [-0.05, 0) is 31.2 Å². The maximum Gasteiger partial charge on any atom is 0.135 e. The van der Waals surface area contributed by atoms with Crippen molar-refractivity contribution in [1.82, 2.24) is 9.55 Å². The molecular formula is C13H22ClN3O.